The van der Waals surface area contributed by atoms with E-state index in [1.165, 1.54) is 12.8 Å². The van der Waals surface area contributed by atoms with Crippen molar-refractivity contribution in [3.8, 4) is 11.5 Å². The van der Waals surface area contributed by atoms with Gasteiger partial charge in [-0.1, -0.05) is 27.2 Å². The summed E-state index contributed by atoms with van der Waals surface area (Å²) in [6, 6.07) is 3.48. The summed E-state index contributed by atoms with van der Waals surface area (Å²) >= 11 is 0. The van der Waals surface area contributed by atoms with E-state index in [1.54, 1.807) is 13.2 Å². The Morgan fingerprint density at radius 2 is 1.95 bits per heavy atom. The Hall–Kier alpha value is -1.51. The molecule has 114 valence electrons. The van der Waals surface area contributed by atoms with Gasteiger partial charge in [0.25, 0.3) is 0 Å². The Morgan fingerprint density at radius 3 is 2.62 bits per heavy atom. The van der Waals surface area contributed by atoms with Gasteiger partial charge < -0.3 is 9.84 Å². The lowest BCUT2D eigenvalue weighted by Gasteiger charge is -2.53. The van der Waals surface area contributed by atoms with Crippen molar-refractivity contribution in [2.24, 2.45) is 11.3 Å². The molecular formula is C18H24O3. The highest BCUT2D eigenvalue weighted by Crippen LogP contribution is 2.57. The molecule has 0 bridgehead atoms. The van der Waals surface area contributed by atoms with Gasteiger partial charge in [-0.15, -0.1) is 0 Å². The molecule has 1 N–H and O–H groups in total. The summed E-state index contributed by atoms with van der Waals surface area (Å²) in [7, 11) is 1.55. The molecule has 0 spiro atoms. The van der Waals surface area contributed by atoms with E-state index < -0.39 is 0 Å². The van der Waals surface area contributed by atoms with Gasteiger partial charge in [-0.05, 0) is 47.3 Å². The van der Waals surface area contributed by atoms with Crippen molar-refractivity contribution in [1.82, 2.24) is 0 Å². The van der Waals surface area contributed by atoms with Crippen LogP contribution < -0.4 is 4.74 Å². The van der Waals surface area contributed by atoms with E-state index in [2.05, 4.69) is 20.8 Å². The van der Waals surface area contributed by atoms with Crippen molar-refractivity contribution in [2.45, 2.75) is 51.9 Å². The molecule has 1 fully saturated rings. The van der Waals surface area contributed by atoms with Gasteiger partial charge in [0.1, 0.15) is 0 Å². The van der Waals surface area contributed by atoms with Crippen molar-refractivity contribution in [1.29, 1.82) is 0 Å². The van der Waals surface area contributed by atoms with E-state index >= 15 is 0 Å². The molecular weight excluding hydrogens is 264 g/mol. The van der Waals surface area contributed by atoms with Gasteiger partial charge in [0.2, 0.25) is 0 Å². The van der Waals surface area contributed by atoms with E-state index in [0.717, 1.165) is 12.0 Å². The number of hydrogen-bond acceptors (Lipinski definition) is 3. The van der Waals surface area contributed by atoms with Crippen LogP contribution in [0.3, 0.4) is 0 Å². The second-order valence-electron chi connectivity index (χ2n) is 7.51. The second-order valence-corrected chi connectivity index (χ2v) is 7.51. The van der Waals surface area contributed by atoms with Crippen LogP contribution in [0.1, 0.15) is 62.4 Å². The minimum absolute atomic E-state index is 0.00796. The molecule has 2 aliphatic rings. The molecule has 0 unspecified atom stereocenters. The SMILES string of the molecule is COc1cc2c(cc1O)C(=O)C[C@@H]1C(C)(C)CCC[C@@]21C. The summed E-state index contributed by atoms with van der Waals surface area (Å²) in [6.45, 7) is 6.84. The van der Waals surface area contributed by atoms with E-state index in [-0.39, 0.29) is 22.4 Å². The van der Waals surface area contributed by atoms with Gasteiger partial charge in [0.05, 0.1) is 7.11 Å². The molecule has 0 aliphatic heterocycles. The maximum absolute atomic E-state index is 12.6. The number of phenolic OH excluding ortho intramolecular Hbond substituents is 1. The van der Waals surface area contributed by atoms with Crippen molar-refractivity contribution >= 4 is 5.78 Å². The lowest BCUT2D eigenvalue weighted by molar-refractivity contribution is 0.0367. The first-order valence-electron chi connectivity index (χ1n) is 7.74. The lowest BCUT2D eigenvalue weighted by Crippen LogP contribution is -2.49. The number of rotatable bonds is 1. The molecule has 0 aromatic heterocycles. The first-order valence-corrected chi connectivity index (χ1v) is 7.74. The number of benzene rings is 1. The van der Waals surface area contributed by atoms with Gasteiger partial charge in [0, 0.05) is 12.0 Å². The summed E-state index contributed by atoms with van der Waals surface area (Å²) in [5.74, 6) is 1.03. The Balaban J connectivity index is 2.21. The quantitative estimate of drug-likeness (QED) is 0.847. The Morgan fingerprint density at radius 1 is 1.24 bits per heavy atom. The zero-order valence-electron chi connectivity index (χ0n) is 13.3. The minimum Gasteiger partial charge on any atom is -0.504 e. The summed E-state index contributed by atoms with van der Waals surface area (Å²) in [4.78, 5) is 12.6. The third-order valence-electron chi connectivity index (χ3n) is 5.85. The monoisotopic (exact) mass is 288 g/mol. The molecule has 3 rings (SSSR count). The van der Waals surface area contributed by atoms with Crippen molar-refractivity contribution in [3.63, 3.8) is 0 Å². The molecule has 0 heterocycles. The van der Waals surface area contributed by atoms with Crippen molar-refractivity contribution in [3.05, 3.63) is 23.3 Å². The number of aromatic hydroxyl groups is 1. The number of phenols is 1. The summed E-state index contributed by atoms with van der Waals surface area (Å²) in [6.07, 6.45) is 4.03. The first kappa shape index (κ1) is 14.4. The van der Waals surface area contributed by atoms with Crippen LogP contribution in [0.2, 0.25) is 0 Å². The summed E-state index contributed by atoms with van der Waals surface area (Å²) < 4.78 is 5.26. The molecule has 0 amide bonds. The van der Waals surface area contributed by atoms with Gasteiger partial charge in [-0.25, -0.2) is 0 Å². The number of fused-ring (bicyclic) bond motifs is 3. The van der Waals surface area contributed by atoms with Crippen LogP contribution in [0.5, 0.6) is 11.5 Å². The topological polar surface area (TPSA) is 46.5 Å². The average molecular weight is 288 g/mol. The normalized spacial score (nSPS) is 30.5. The highest BCUT2D eigenvalue weighted by molar-refractivity contribution is 6.00. The van der Waals surface area contributed by atoms with E-state index in [0.29, 0.717) is 23.7 Å². The molecule has 1 aromatic rings. The molecule has 2 aliphatic carbocycles. The highest BCUT2D eigenvalue weighted by Gasteiger charge is 2.52. The fourth-order valence-corrected chi connectivity index (χ4v) is 4.68. The molecule has 0 saturated heterocycles. The molecule has 3 nitrogen and oxygen atoms in total. The van der Waals surface area contributed by atoms with E-state index in [9.17, 15) is 9.90 Å². The van der Waals surface area contributed by atoms with Crippen LogP contribution in [0.4, 0.5) is 0 Å². The van der Waals surface area contributed by atoms with Crippen LogP contribution in [-0.4, -0.2) is 18.0 Å². The zero-order valence-corrected chi connectivity index (χ0v) is 13.3. The van der Waals surface area contributed by atoms with Gasteiger partial charge in [0.15, 0.2) is 17.3 Å². The standard InChI is InChI=1S/C18H24O3/c1-17(2)6-5-7-18(3)12-9-15(21-4)14(20)8-11(12)13(19)10-16(17)18/h8-9,16,20H,5-7,10H2,1-4H3/t16-,18+/m1/s1. The lowest BCUT2D eigenvalue weighted by atomic mass is 9.50. The molecule has 2 atom stereocenters. The third kappa shape index (κ3) is 1.97. The number of hydrogen-bond donors (Lipinski definition) is 1. The fourth-order valence-electron chi connectivity index (χ4n) is 4.68. The first-order chi connectivity index (χ1) is 9.79. The van der Waals surface area contributed by atoms with Gasteiger partial charge in [-0.3, -0.25) is 4.79 Å². The smallest absolute Gasteiger partial charge is 0.163 e. The van der Waals surface area contributed by atoms with E-state index in [1.807, 2.05) is 6.07 Å². The number of Topliss-reactive ketones (excluding diaryl/α,β-unsaturated/α-hetero) is 1. The molecule has 1 aromatic carbocycles. The average Bonchev–Trinajstić information content (AvgIpc) is 2.41. The Kier molecular flexibility index (Phi) is 3.09. The van der Waals surface area contributed by atoms with Crippen LogP contribution in [0, 0.1) is 11.3 Å². The second kappa shape index (κ2) is 4.49. The molecule has 1 saturated carbocycles. The predicted molar refractivity (Wildman–Crippen MR) is 82.1 cm³/mol. The highest BCUT2D eigenvalue weighted by atomic mass is 16.5. The van der Waals surface area contributed by atoms with Gasteiger partial charge in [-0.2, -0.15) is 0 Å². The maximum atomic E-state index is 12.6. The van der Waals surface area contributed by atoms with Gasteiger partial charge >= 0.3 is 0 Å². The fraction of sp³-hybridized carbons (Fsp3) is 0.611. The molecule has 3 heteroatoms. The molecule has 0 radical (unpaired) electrons. The van der Waals surface area contributed by atoms with Crippen molar-refractivity contribution in [2.75, 3.05) is 7.11 Å². The van der Waals surface area contributed by atoms with Crippen LogP contribution in [0.25, 0.3) is 0 Å². The van der Waals surface area contributed by atoms with Crippen LogP contribution in [0.15, 0.2) is 12.1 Å². The summed E-state index contributed by atoms with van der Waals surface area (Å²) in [5.41, 5.74) is 1.91. The molecule has 21 heavy (non-hydrogen) atoms. The van der Waals surface area contributed by atoms with E-state index in [4.69, 9.17) is 4.74 Å². The number of carbonyl (C=O) groups excluding carboxylic acids is 1. The van der Waals surface area contributed by atoms with Crippen LogP contribution >= 0.6 is 0 Å². The summed E-state index contributed by atoms with van der Waals surface area (Å²) in [5, 5.41) is 9.99. The number of methoxy groups -OCH3 is 1. The van der Waals surface area contributed by atoms with Crippen LogP contribution in [-0.2, 0) is 5.41 Å². The maximum Gasteiger partial charge on any atom is 0.163 e. The zero-order chi connectivity index (χ0) is 15.4. The Bertz CT molecular complexity index is 603. The number of carbonyl (C=O) groups is 1. The number of ketones is 1. The number of ether oxygens (including phenoxy) is 1. The predicted octanol–water partition coefficient (Wildman–Crippen LogP) is 4.07. The largest absolute Gasteiger partial charge is 0.504 e. The third-order valence-corrected chi connectivity index (χ3v) is 5.85. The van der Waals surface area contributed by atoms with Crippen molar-refractivity contribution < 1.29 is 14.6 Å². The Labute approximate surface area is 126 Å². The minimum atomic E-state index is -0.00796.